The van der Waals surface area contributed by atoms with E-state index >= 15 is 0 Å². The Bertz CT molecular complexity index is 1790. The molecular weight excluding hydrogens is 550 g/mol. The van der Waals surface area contributed by atoms with Crippen molar-refractivity contribution >= 4 is 39.7 Å². The minimum Gasteiger partial charge on any atom is -0.388 e. The zero-order valence-corrected chi connectivity index (χ0v) is 24.4. The third-order valence-corrected chi connectivity index (χ3v) is 9.21. The van der Waals surface area contributed by atoms with Crippen LogP contribution in [0.25, 0.3) is 22.2 Å². The summed E-state index contributed by atoms with van der Waals surface area (Å²) in [6, 6.07) is 5.03. The van der Waals surface area contributed by atoms with Crippen LogP contribution in [0.5, 0.6) is 0 Å². The standard InChI is InChI=1S/C28H34ClN7O5/c1-27(40)15-28(41-14-20(27)36-16-30-24-23(36)25(38)34(4)26(39)33(24)3)9-11-35(12-10-28)22(37)8-7-21-31-18-13-17(29)5-6-19(18)32(21)2/h5-6,13,16,20,40H,7-12,14-15H2,1-4H3/t20-,27-/m1/s1. The number of aromatic nitrogens is 6. The molecule has 218 valence electrons. The first-order valence-electron chi connectivity index (χ1n) is 13.8. The Morgan fingerprint density at radius 2 is 1.88 bits per heavy atom. The molecule has 1 spiro atoms. The zero-order chi connectivity index (χ0) is 29.3. The number of halogens is 1. The number of ether oxygens (including phenoxy) is 1. The van der Waals surface area contributed by atoms with Crippen molar-refractivity contribution in [3.05, 3.63) is 56.2 Å². The first-order chi connectivity index (χ1) is 19.4. The van der Waals surface area contributed by atoms with Gasteiger partial charge >= 0.3 is 5.69 Å². The largest absolute Gasteiger partial charge is 0.388 e. The van der Waals surface area contributed by atoms with Gasteiger partial charge in [-0.1, -0.05) is 11.6 Å². The number of nitrogens with zero attached hydrogens (tertiary/aromatic N) is 7. The van der Waals surface area contributed by atoms with Crippen molar-refractivity contribution in [1.82, 2.24) is 33.1 Å². The maximum Gasteiger partial charge on any atom is 0.332 e. The van der Waals surface area contributed by atoms with Crippen LogP contribution in [0, 0.1) is 0 Å². The predicted molar refractivity (Wildman–Crippen MR) is 153 cm³/mol. The van der Waals surface area contributed by atoms with Crippen molar-refractivity contribution in [3.63, 3.8) is 0 Å². The van der Waals surface area contributed by atoms with Crippen molar-refractivity contribution in [2.45, 2.75) is 56.3 Å². The van der Waals surface area contributed by atoms with Crippen LogP contribution in [0.1, 0.15) is 44.5 Å². The lowest BCUT2D eigenvalue weighted by atomic mass is 9.75. The Hall–Kier alpha value is -3.48. The summed E-state index contributed by atoms with van der Waals surface area (Å²) in [6.45, 7) is 3.00. The van der Waals surface area contributed by atoms with Gasteiger partial charge in [-0.3, -0.25) is 18.7 Å². The van der Waals surface area contributed by atoms with E-state index in [2.05, 4.69) is 9.97 Å². The summed E-state index contributed by atoms with van der Waals surface area (Å²) in [6.07, 6.45) is 3.93. The number of carbonyl (C=O) groups excluding carboxylic acids is 1. The molecule has 6 rings (SSSR count). The number of carbonyl (C=O) groups is 1. The number of piperidine rings is 1. The van der Waals surface area contributed by atoms with Gasteiger partial charge in [-0.25, -0.2) is 14.8 Å². The highest BCUT2D eigenvalue weighted by molar-refractivity contribution is 6.31. The maximum atomic E-state index is 13.1. The maximum absolute atomic E-state index is 13.1. The van der Waals surface area contributed by atoms with Crippen molar-refractivity contribution in [1.29, 1.82) is 0 Å². The monoisotopic (exact) mass is 583 g/mol. The lowest BCUT2D eigenvalue weighted by Crippen LogP contribution is -2.58. The number of amides is 1. The van der Waals surface area contributed by atoms with Crippen molar-refractivity contribution in [2.24, 2.45) is 21.1 Å². The van der Waals surface area contributed by atoms with Crippen molar-refractivity contribution in [3.8, 4) is 0 Å². The highest BCUT2D eigenvalue weighted by Crippen LogP contribution is 2.44. The Balaban J connectivity index is 1.12. The number of likely N-dealkylation sites (tertiary alicyclic amines) is 1. The van der Waals surface area contributed by atoms with Crippen LogP contribution < -0.4 is 11.2 Å². The van der Waals surface area contributed by atoms with Gasteiger partial charge in [0.25, 0.3) is 5.56 Å². The van der Waals surface area contributed by atoms with Crippen LogP contribution in [-0.4, -0.2) is 75.0 Å². The SMILES string of the molecule is Cn1c(=O)c2c(ncn2[C@@H]2COC3(CCN(C(=O)CCc4nc5cc(Cl)ccc5n4C)CC3)C[C@@]2(C)O)n(C)c1=O. The number of rotatable bonds is 4. The lowest BCUT2D eigenvalue weighted by molar-refractivity contribution is -0.196. The molecule has 5 heterocycles. The molecule has 2 atom stereocenters. The number of fused-ring (bicyclic) bond motifs is 2. The molecule has 12 nitrogen and oxygen atoms in total. The van der Waals surface area contributed by atoms with Crippen LogP contribution >= 0.6 is 11.6 Å². The topological polar surface area (TPSA) is 129 Å². The molecule has 41 heavy (non-hydrogen) atoms. The Morgan fingerprint density at radius 3 is 2.59 bits per heavy atom. The second kappa shape index (κ2) is 9.81. The number of imidazole rings is 2. The quantitative estimate of drug-likeness (QED) is 0.387. The highest BCUT2D eigenvalue weighted by atomic mass is 35.5. The molecule has 3 aromatic heterocycles. The van der Waals surface area contributed by atoms with Crippen LogP contribution in [-0.2, 0) is 37.1 Å². The molecule has 2 saturated heterocycles. The number of aliphatic hydroxyl groups is 1. The fraction of sp³-hybridized carbons (Fsp3) is 0.536. The van der Waals surface area contributed by atoms with Crippen LogP contribution in [0.2, 0.25) is 5.02 Å². The van der Waals surface area contributed by atoms with E-state index in [4.69, 9.17) is 16.3 Å². The molecule has 1 N–H and O–H groups in total. The molecule has 0 saturated carbocycles. The van der Waals surface area contributed by atoms with E-state index in [0.717, 1.165) is 21.4 Å². The van der Waals surface area contributed by atoms with Gasteiger partial charge in [0.1, 0.15) is 5.82 Å². The van der Waals surface area contributed by atoms with E-state index in [1.807, 2.05) is 34.7 Å². The average molecular weight is 584 g/mol. The Morgan fingerprint density at radius 1 is 1.15 bits per heavy atom. The lowest BCUT2D eigenvalue weighted by Gasteiger charge is -2.51. The van der Waals surface area contributed by atoms with Crippen molar-refractivity contribution < 1.29 is 14.6 Å². The molecule has 1 aromatic carbocycles. The molecule has 0 radical (unpaired) electrons. The van der Waals surface area contributed by atoms with E-state index in [9.17, 15) is 19.5 Å². The molecule has 4 aromatic rings. The third-order valence-electron chi connectivity index (χ3n) is 8.98. The Labute approximate surface area is 240 Å². The number of hydrogen-bond acceptors (Lipinski definition) is 7. The normalized spacial score (nSPS) is 22.7. The first kappa shape index (κ1) is 27.7. The molecule has 2 aliphatic rings. The molecule has 1 amide bonds. The minimum absolute atomic E-state index is 0.0664. The third kappa shape index (κ3) is 4.58. The number of hydrogen-bond donors (Lipinski definition) is 1. The molecule has 0 aliphatic carbocycles. The van der Waals surface area contributed by atoms with Gasteiger partial charge in [0.05, 0.1) is 41.2 Å². The zero-order valence-electron chi connectivity index (χ0n) is 23.6. The summed E-state index contributed by atoms with van der Waals surface area (Å²) in [7, 11) is 4.93. The summed E-state index contributed by atoms with van der Waals surface area (Å²) >= 11 is 6.10. The fourth-order valence-corrected chi connectivity index (χ4v) is 6.71. The second-order valence-electron chi connectivity index (χ2n) is 11.7. The van der Waals surface area contributed by atoms with Crippen LogP contribution in [0.3, 0.4) is 0 Å². The molecule has 0 bridgehead atoms. The predicted octanol–water partition coefficient (Wildman–Crippen LogP) is 1.68. The molecule has 2 fully saturated rings. The molecular formula is C28H34ClN7O5. The van der Waals surface area contributed by atoms with E-state index < -0.39 is 28.5 Å². The summed E-state index contributed by atoms with van der Waals surface area (Å²) in [4.78, 5) is 49.2. The van der Waals surface area contributed by atoms with Gasteiger partial charge < -0.3 is 23.9 Å². The minimum atomic E-state index is -1.21. The summed E-state index contributed by atoms with van der Waals surface area (Å²) in [5.74, 6) is 0.903. The van der Waals surface area contributed by atoms with Gasteiger partial charge in [0.15, 0.2) is 11.2 Å². The van der Waals surface area contributed by atoms with E-state index in [-0.39, 0.29) is 23.7 Å². The fourth-order valence-electron chi connectivity index (χ4n) is 6.54. The van der Waals surface area contributed by atoms with Gasteiger partial charge in [0, 0.05) is 58.5 Å². The highest BCUT2D eigenvalue weighted by Gasteiger charge is 2.50. The van der Waals surface area contributed by atoms with Gasteiger partial charge in [0.2, 0.25) is 5.91 Å². The molecule has 0 unspecified atom stereocenters. The van der Waals surface area contributed by atoms with Crippen LogP contribution in [0.15, 0.2) is 34.1 Å². The Kier molecular flexibility index (Phi) is 6.63. The van der Waals surface area contributed by atoms with Gasteiger partial charge in [-0.15, -0.1) is 0 Å². The van der Waals surface area contributed by atoms with Crippen LogP contribution in [0.4, 0.5) is 0 Å². The first-order valence-corrected chi connectivity index (χ1v) is 14.2. The van der Waals surface area contributed by atoms with E-state index in [1.54, 1.807) is 18.5 Å². The second-order valence-corrected chi connectivity index (χ2v) is 12.1. The number of benzene rings is 1. The van der Waals surface area contributed by atoms with E-state index in [1.165, 1.54) is 17.9 Å². The number of aryl methyl sites for hydroxylation is 3. The molecule has 2 aliphatic heterocycles. The molecule has 13 heteroatoms. The van der Waals surface area contributed by atoms with Gasteiger partial charge in [-0.05, 0) is 38.0 Å². The summed E-state index contributed by atoms with van der Waals surface area (Å²) < 4.78 is 12.4. The summed E-state index contributed by atoms with van der Waals surface area (Å²) in [5.41, 5.74) is -0.390. The van der Waals surface area contributed by atoms with Gasteiger partial charge in [-0.2, -0.15) is 0 Å². The van der Waals surface area contributed by atoms with Crippen molar-refractivity contribution in [2.75, 3.05) is 19.7 Å². The average Bonchev–Trinajstić information content (AvgIpc) is 3.50. The van der Waals surface area contributed by atoms with E-state index in [0.29, 0.717) is 50.2 Å². The summed E-state index contributed by atoms with van der Waals surface area (Å²) in [5, 5.41) is 12.3. The smallest absolute Gasteiger partial charge is 0.332 e.